The third-order valence-electron chi connectivity index (χ3n) is 3.65. The van der Waals surface area contributed by atoms with Crippen LogP contribution in [-0.2, 0) is 4.79 Å². The van der Waals surface area contributed by atoms with Gasteiger partial charge in [-0.3, -0.25) is 4.79 Å². The van der Waals surface area contributed by atoms with Gasteiger partial charge in [-0.25, -0.2) is 14.4 Å². The second-order valence-electron chi connectivity index (χ2n) is 4.97. The number of ether oxygens (including phenoxy) is 1. The number of halogens is 1. The van der Waals surface area contributed by atoms with Crippen molar-refractivity contribution in [3.8, 4) is 5.75 Å². The Morgan fingerprint density at radius 2 is 2.24 bits per heavy atom. The molecule has 0 spiro atoms. The number of anilines is 1. The highest BCUT2D eigenvalue weighted by Crippen LogP contribution is 2.28. The summed E-state index contributed by atoms with van der Waals surface area (Å²) in [6, 6.07) is 2.52. The fourth-order valence-corrected chi connectivity index (χ4v) is 2.45. The molecular weight excluding hydrogens is 275 g/mol. The van der Waals surface area contributed by atoms with Crippen LogP contribution in [0.5, 0.6) is 5.75 Å². The molecule has 1 amide bonds. The molecule has 1 aromatic carbocycles. The van der Waals surface area contributed by atoms with Gasteiger partial charge >= 0.3 is 0 Å². The van der Waals surface area contributed by atoms with Crippen molar-refractivity contribution in [3.63, 3.8) is 0 Å². The van der Waals surface area contributed by atoms with Gasteiger partial charge in [0.05, 0.1) is 12.6 Å². The molecule has 110 valence electrons. The number of likely N-dealkylation sites (N-methyl/N-ethyl adjacent to an activating group) is 1. The molecular formula is C14H15FN4O2. The Balaban J connectivity index is 2.00. The molecule has 0 saturated carbocycles. The average molecular weight is 290 g/mol. The molecule has 1 saturated heterocycles. The predicted octanol–water partition coefficient (Wildman–Crippen LogP) is 1.42. The van der Waals surface area contributed by atoms with Crippen LogP contribution in [0.4, 0.5) is 10.2 Å². The monoisotopic (exact) mass is 290 g/mol. The highest BCUT2D eigenvalue weighted by molar-refractivity contribution is 5.93. The number of nitrogens with zero attached hydrogens (tertiary/aromatic N) is 3. The number of methoxy groups -OCH3 is 1. The molecule has 1 unspecified atom stereocenters. The molecule has 1 aliphatic rings. The third-order valence-corrected chi connectivity index (χ3v) is 3.65. The van der Waals surface area contributed by atoms with E-state index in [4.69, 9.17) is 4.74 Å². The topological polar surface area (TPSA) is 67.3 Å². The van der Waals surface area contributed by atoms with Crippen molar-refractivity contribution in [2.24, 2.45) is 0 Å². The Bertz CT molecular complexity index is 707. The van der Waals surface area contributed by atoms with E-state index in [-0.39, 0.29) is 17.7 Å². The van der Waals surface area contributed by atoms with Gasteiger partial charge in [0, 0.05) is 25.0 Å². The van der Waals surface area contributed by atoms with E-state index in [9.17, 15) is 9.18 Å². The van der Waals surface area contributed by atoms with Gasteiger partial charge in [0.25, 0.3) is 0 Å². The number of carbonyl (C=O) groups is 1. The van der Waals surface area contributed by atoms with Crippen molar-refractivity contribution in [1.82, 2.24) is 14.9 Å². The Morgan fingerprint density at radius 1 is 1.43 bits per heavy atom. The molecule has 0 bridgehead atoms. The normalized spacial score (nSPS) is 18.3. The van der Waals surface area contributed by atoms with Crippen LogP contribution in [0.25, 0.3) is 10.9 Å². The standard InChI is InChI=1S/C14H15FN4O2/c1-19-4-3-10(14(19)20)18-13-8-5-12(21-2)9(15)6-11(8)16-7-17-13/h5-7,10H,3-4H2,1-2H3,(H,16,17,18). The van der Waals surface area contributed by atoms with E-state index in [1.165, 1.54) is 25.6 Å². The number of hydrogen-bond acceptors (Lipinski definition) is 5. The zero-order valence-electron chi connectivity index (χ0n) is 11.8. The second kappa shape index (κ2) is 5.16. The number of fused-ring (bicyclic) bond motifs is 1. The molecule has 21 heavy (non-hydrogen) atoms. The van der Waals surface area contributed by atoms with Gasteiger partial charge in [0.1, 0.15) is 18.2 Å². The Labute approximate surface area is 120 Å². The lowest BCUT2D eigenvalue weighted by atomic mass is 10.2. The van der Waals surface area contributed by atoms with Crippen LogP contribution in [0.3, 0.4) is 0 Å². The lowest BCUT2D eigenvalue weighted by Gasteiger charge is -2.14. The minimum Gasteiger partial charge on any atom is -0.494 e. The summed E-state index contributed by atoms with van der Waals surface area (Å²) < 4.78 is 18.7. The van der Waals surface area contributed by atoms with Crippen molar-refractivity contribution in [3.05, 3.63) is 24.3 Å². The molecule has 1 aromatic heterocycles. The summed E-state index contributed by atoms with van der Waals surface area (Å²) in [6.07, 6.45) is 2.05. The van der Waals surface area contributed by atoms with E-state index in [1.54, 1.807) is 11.9 Å². The third kappa shape index (κ3) is 2.35. The van der Waals surface area contributed by atoms with Crippen LogP contribution in [0.1, 0.15) is 6.42 Å². The minimum atomic E-state index is -0.480. The summed E-state index contributed by atoms with van der Waals surface area (Å²) in [5.74, 6) is 0.171. The van der Waals surface area contributed by atoms with Gasteiger partial charge in [-0.15, -0.1) is 0 Å². The first-order valence-corrected chi connectivity index (χ1v) is 6.60. The highest BCUT2D eigenvalue weighted by atomic mass is 19.1. The first-order valence-electron chi connectivity index (χ1n) is 6.60. The number of amides is 1. The van der Waals surface area contributed by atoms with Crippen molar-refractivity contribution in [1.29, 1.82) is 0 Å². The van der Waals surface area contributed by atoms with Crippen molar-refractivity contribution >= 4 is 22.6 Å². The first-order chi connectivity index (χ1) is 10.1. The van der Waals surface area contributed by atoms with Crippen molar-refractivity contribution in [2.75, 3.05) is 26.0 Å². The average Bonchev–Trinajstić information content (AvgIpc) is 2.79. The van der Waals surface area contributed by atoms with Crippen LogP contribution in [-0.4, -0.2) is 47.5 Å². The van der Waals surface area contributed by atoms with E-state index in [1.807, 2.05) is 0 Å². The van der Waals surface area contributed by atoms with E-state index < -0.39 is 5.82 Å². The molecule has 1 atom stereocenters. The lowest BCUT2D eigenvalue weighted by molar-refractivity contribution is -0.127. The number of carbonyl (C=O) groups excluding carboxylic acids is 1. The summed E-state index contributed by atoms with van der Waals surface area (Å²) >= 11 is 0. The van der Waals surface area contributed by atoms with E-state index in [0.29, 0.717) is 29.7 Å². The number of aromatic nitrogens is 2. The number of nitrogens with one attached hydrogen (secondary N) is 1. The Kier molecular flexibility index (Phi) is 3.32. The molecule has 1 N–H and O–H groups in total. The summed E-state index contributed by atoms with van der Waals surface area (Å²) in [4.78, 5) is 21.8. The maximum Gasteiger partial charge on any atom is 0.244 e. The van der Waals surface area contributed by atoms with E-state index >= 15 is 0 Å². The molecule has 1 aliphatic heterocycles. The molecule has 0 aliphatic carbocycles. The molecule has 7 heteroatoms. The maximum absolute atomic E-state index is 13.7. The molecule has 1 fully saturated rings. The van der Waals surface area contributed by atoms with Crippen LogP contribution in [0, 0.1) is 5.82 Å². The van der Waals surface area contributed by atoms with Crippen molar-refractivity contribution < 1.29 is 13.9 Å². The van der Waals surface area contributed by atoms with Crippen LogP contribution < -0.4 is 10.1 Å². The van der Waals surface area contributed by atoms with Gasteiger partial charge in [-0.2, -0.15) is 0 Å². The van der Waals surface area contributed by atoms with Gasteiger partial charge in [-0.1, -0.05) is 0 Å². The van der Waals surface area contributed by atoms with Gasteiger partial charge in [0.2, 0.25) is 5.91 Å². The zero-order valence-corrected chi connectivity index (χ0v) is 11.8. The SMILES string of the molecule is COc1cc2c(NC3CCN(C)C3=O)ncnc2cc1F. The fraction of sp³-hybridized carbons (Fsp3) is 0.357. The van der Waals surface area contributed by atoms with Crippen LogP contribution in [0.15, 0.2) is 18.5 Å². The highest BCUT2D eigenvalue weighted by Gasteiger charge is 2.29. The van der Waals surface area contributed by atoms with Crippen molar-refractivity contribution in [2.45, 2.75) is 12.5 Å². The fourth-order valence-electron chi connectivity index (χ4n) is 2.45. The Morgan fingerprint density at radius 3 is 2.90 bits per heavy atom. The number of rotatable bonds is 3. The predicted molar refractivity (Wildman–Crippen MR) is 75.7 cm³/mol. The van der Waals surface area contributed by atoms with Crippen LogP contribution in [0.2, 0.25) is 0 Å². The molecule has 6 nitrogen and oxygen atoms in total. The summed E-state index contributed by atoms with van der Waals surface area (Å²) in [5.41, 5.74) is 0.463. The summed E-state index contributed by atoms with van der Waals surface area (Å²) in [7, 11) is 3.16. The zero-order chi connectivity index (χ0) is 15.0. The number of hydrogen-bond donors (Lipinski definition) is 1. The quantitative estimate of drug-likeness (QED) is 0.926. The molecule has 2 aromatic rings. The lowest BCUT2D eigenvalue weighted by Crippen LogP contribution is -2.31. The largest absolute Gasteiger partial charge is 0.494 e. The minimum absolute atomic E-state index is 0.0239. The smallest absolute Gasteiger partial charge is 0.244 e. The molecule has 3 rings (SSSR count). The van der Waals surface area contributed by atoms with E-state index in [0.717, 1.165) is 0 Å². The summed E-state index contributed by atoms with van der Waals surface area (Å²) in [5, 5.41) is 3.74. The Hall–Kier alpha value is -2.44. The van der Waals surface area contributed by atoms with Crippen LogP contribution >= 0.6 is 0 Å². The summed E-state index contributed by atoms with van der Waals surface area (Å²) in [6.45, 7) is 0.706. The number of benzene rings is 1. The van der Waals surface area contributed by atoms with Gasteiger partial charge < -0.3 is 15.0 Å². The van der Waals surface area contributed by atoms with Gasteiger partial charge in [-0.05, 0) is 12.5 Å². The molecule has 0 radical (unpaired) electrons. The number of likely N-dealkylation sites (tertiary alicyclic amines) is 1. The molecule has 2 heterocycles. The maximum atomic E-state index is 13.7. The first kappa shape index (κ1) is 13.5. The van der Waals surface area contributed by atoms with Gasteiger partial charge in [0.15, 0.2) is 11.6 Å². The second-order valence-corrected chi connectivity index (χ2v) is 4.97. The van der Waals surface area contributed by atoms with E-state index in [2.05, 4.69) is 15.3 Å².